The van der Waals surface area contributed by atoms with Crippen molar-refractivity contribution < 1.29 is 9.26 Å². The van der Waals surface area contributed by atoms with E-state index in [4.69, 9.17) is 14.5 Å². The molecular weight excluding hydrogens is 204 g/mol. The molecule has 1 aromatic carbocycles. The lowest BCUT2D eigenvalue weighted by atomic mass is 10.1. The maximum atomic E-state index is 8.68. The molecule has 0 radical (unpaired) electrons. The summed E-state index contributed by atoms with van der Waals surface area (Å²) in [6, 6.07) is 9.26. The van der Waals surface area contributed by atoms with Crippen molar-refractivity contribution in [2.75, 3.05) is 7.11 Å². The van der Waals surface area contributed by atoms with Crippen LogP contribution in [0.3, 0.4) is 0 Å². The molecule has 0 unspecified atom stereocenters. The van der Waals surface area contributed by atoms with E-state index in [1.807, 2.05) is 31.2 Å². The van der Waals surface area contributed by atoms with Crippen molar-refractivity contribution in [2.24, 2.45) is 0 Å². The van der Waals surface area contributed by atoms with E-state index < -0.39 is 0 Å². The van der Waals surface area contributed by atoms with E-state index >= 15 is 0 Å². The fraction of sp³-hybridized carbons (Fsp3) is 0.167. The quantitative estimate of drug-likeness (QED) is 0.770. The Balaban J connectivity index is 2.54. The first-order chi connectivity index (χ1) is 7.74. The smallest absolute Gasteiger partial charge is 0.184 e. The third-order valence-electron chi connectivity index (χ3n) is 2.25. The Kier molecular flexibility index (Phi) is 2.61. The number of nitrogens with zero attached hydrogens (tertiary/aromatic N) is 2. The molecule has 2 aromatic rings. The largest absolute Gasteiger partial charge is 0.496 e. The predicted octanol–water partition coefficient (Wildman–Crippen LogP) is 2.53. The molecule has 0 atom stereocenters. The summed E-state index contributed by atoms with van der Waals surface area (Å²) >= 11 is 0. The maximum Gasteiger partial charge on any atom is 0.184 e. The summed E-state index contributed by atoms with van der Waals surface area (Å²) < 4.78 is 10.3. The first-order valence-electron chi connectivity index (χ1n) is 4.76. The Morgan fingerprint density at radius 3 is 2.81 bits per heavy atom. The van der Waals surface area contributed by atoms with Gasteiger partial charge < -0.3 is 9.26 Å². The number of aryl methyl sites for hydroxylation is 1. The second-order valence-corrected chi connectivity index (χ2v) is 3.39. The lowest BCUT2D eigenvalue weighted by molar-refractivity contribution is 0.405. The number of hydrogen-bond acceptors (Lipinski definition) is 4. The topological polar surface area (TPSA) is 59.0 Å². The van der Waals surface area contributed by atoms with Gasteiger partial charge in [-0.3, -0.25) is 0 Å². The molecule has 0 bridgehead atoms. The van der Waals surface area contributed by atoms with E-state index in [0.717, 1.165) is 11.1 Å². The first kappa shape index (κ1) is 10.2. The van der Waals surface area contributed by atoms with Gasteiger partial charge >= 0.3 is 0 Å². The van der Waals surface area contributed by atoms with Crippen molar-refractivity contribution in [1.29, 1.82) is 5.26 Å². The summed E-state index contributed by atoms with van der Waals surface area (Å²) in [7, 11) is 1.59. The zero-order valence-electron chi connectivity index (χ0n) is 9.02. The van der Waals surface area contributed by atoms with E-state index in [0.29, 0.717) is 11.5 Å². The van der Waals surface area contributed by atoms with Crippen molar-refractivity contribution >= 4 is 0 Å². The van der Waals surface area contributed by atoms with Crippen molar-refractivity contribution in [3.8, 4) is 23.1 Å². The van der Waals surface area contributed by atoms with Gasteiger partial charge in [-0.1, -0.05) is 16.8 Å². The minimum absolute atomic E-state index is 0.263. The predicted molar refractivity (Wildman–Crippen MR) is 57.9 cm³/mol. The standard InChI is InChI=1S/C12H10N2O2/c1-8-3-4-11(15-2)10(5-8)12-6-9(7-13)14-16-12/h3-6H,1-2H3. The van der Waals surface area contributed by atoms with Crippen molar-refractivity contribution in [2.45, 2.75) is 6.92 Å². The van der Waals surface area contributed by atoms with Crippen LogP contribution in [0.15, 0.2) is 28.8 Å². The Labute approximate surface area is 93.1 Å². The number of ether oxygens (including phenoxy) is 1. The molecule has 0 N–H and O–H groups in total. The molecule has 0 saturated heterocycles. The lowest BCUT2D eigenvalue weighted by Crippen LogP contribution is -1.87. The minimum Gasteiger partial charge on any atom is -0.496 e. The molecule has 4 nitrogen and oxygen atoms in total. The second-order valence-electron chi connectivity index (χ2n) is 3.39. The molecule has 0 aliphatic heterocycles. The summed E-state index contributed by atoms with van der Waals surface area (Å²) in [6.07, 6.45) is 0. The molecule has 2 rings (SSSR count). The highest BCUT2D eigenvalue weighted by Crippen LogP contribution is 2.31. The molecule has 0 aliphatic carbocycles. The van der Waals surface area contributed by atoms with Crippen LogP contribution >= 0.6 is 0 Å². The average molecular weight is 214 g/mol. The molecule has 1 heterocycles. The highest BCUT2D eigenvalue weighted by atomic mass is 16.5. The summed E-state index contributed by atoms with van der Waals surface area (Å²) in [5.74, 6) is 1.24. The fourth-order valence-electron chi connectivity index (χ4n) is 1.47. The highest BCUT2D eigenvalue weighted by Gasteiger charge is 2.11. The lowest BCUT2D eigenvalue weighted by Gasteiger charge is -2.05. The monoisotopic (exact) mass is 214 g/mol. The van der Waals surface area contributed by atoms with Crippen molar-refractivity contribution in [1.82, 2.24) is 5.16 Å². The molecule has 1 aromatic heterocycles. The van der Waals surface area contributed by atoms with E-state index in [1.165, 1.54) is 0 Å². The van der Waals surface area contributed by atoms with Crippen LogP contribution in [0.5, 0.6) is 5.75 Å². The summed E-state index contributed by atoms with van der Waals surface area (Å²) in [4.78, 5) is 0. The van der Waals surface area contributed by atoms with Gasteiger partial charge in [0.25, 0.3) is 0 Å². The van der Waals surface area contributed by atoms with Gasteiger partial charge in [-0.15, -0.1) is 0 Å². The summed E-state index contributed by atoms with van der Waals surface area (Å²) in [6.45, 7) is 1.98. The van der Waals surface area contributed by atoms with Crippen LogP contribution in [0, 0.1) is 18.3 Å². The molecule has 0 fully saturated rings. The summed E-state index contributed by atoms with van der Waals surface area (Å²) in [5, 5.41) is 12.3. The third kappa shape index (κ3) is 1.75. The van der Waals surface area contributed by atoms with Crippen molar-refractivity contribution in [3.05, 3.63) is 35.5 Å². The van der Waals surface area contributed by atoms with E-state index in [9.17, 15) is 0 Å². The zero-order chi connectivity index (χ0) is 11.5. The van der Waals surface area contributed by atoms with E-state index in [2.05, 4.69) is 5.16 Å². The number of benzene rings is 1. The molecule has 0 aliphatic rings. The first-order valence-corrected chi connectivity index (χ1v) is 4.76. The normalized spacial score (nSPS) is 9.81. The van der Waals surface area contributed by atoms with Crippen LogP contribution in [0.4, 0.5) is 0 Å². The second kappa shape index (κ2) is 4.07. The molecular formula is C12H10N2O2. The van der Waals surface area contributed by atoms with Gasteiger partial charge in [-0.25, -0.2) is 0 Å². The maximum absolute atomic E-state index is 8.68. The fourth-order valence-corrected chi connectivity index (χ4v) is 1.47. The van der Waals surface area contributed by atoms with Gasteiger partial charge in [0.2, 0.25) is 0 Å². The number of rotatable bonds is 2. The Hall–Kier alpha value is -2.28. The Morgan fingerprint density at radius 2 is 2.19 bits per heavy atom. The van der Waals surface area contributed by atoms with Crippen LogP contribution in [-0.2, 0) is 0 Å². The molecule has 0 spiro atoms. The van der Waals surface area contributed by atoms with Gasteiger partial charge in [0.1, 0.15) is 11.8 Å². The SMILES string of the molecule is COc1ccc(C)cc1-c1cc(C#N)no1. The van der Waals surface area contributed by atoms with Gasteiger partial charge in [0, 0.05) is 6.07 Å². The van der Waals surface area contributed by atoms with E-state index in [1.54, 1.807) is 13.2 Å². The Morgan fingerprint density at radius 1 is 1.38 bits per heavy atom. The van der Waals surface area contributed by atoms with Crippen LogP contribution in [0.2, 0.25) is 0 Å². The zero-order valence-corrected chi connectivity index (χ0v) is 9.02. The van der Waals surface area contributed by atoms with Gasteiger partial charge in [-0.05, 0) is 19.1 Å². The number of methoxy groups -OCH3 is 1. The minimum atomic E-state index is 0.263. The van der Waals surface area contributed by atoms with Gasteiger partial charge in [0.15, 0.2) is 11.5 Å². The van der Waals surface area contributed by atoms with Crippen LogP contribution < -0.4 is 4.74 Å². The molecule has 0 saturated carbocycles. The Bertz CT molecular complexity index is 552. The van der Waals surface area contributed by atoms with Crippen LogP contribution in [-0.4, -0.2) is 12.3 Å². The number of hydrogen-bond donors (Lipinski definition) is 0. The van der Waals surface area contributed by atoms with E-state index in [-0.39, 0.29) is 5.69 Å². The third-order valence-corrected chi connectivity index (χ3v) is 2.25. The molecule has 16 heavy (non-hydrogen) atoms. The molecule has 0 amide bonds. The highest BCUT2D eigenvalue weighted by molar-refractivity contribution is 5.67. The number of nitriles is 1. The average Bonchev–Trinajstić information content (AvgIpc) is 2.77. The van der Waals surface area contributed by atoms with Crippen LogP contribution in [0.25, 0.3) is 11.3 Å². The van der Waals surface area contributed by atoms with Gasteiger partial charge in [0.05, 0.1) is 12.7 Å². The van der Waals surface area contributed by atoms with Gasteiger partial charge in [-0.2, -0.15) is 5.26 Å². The summed E-state index contributed by atoms with van der Waals surface area (Å²) in [5.41, 5.74) is 2.15. The van der Waals surface area contributed by atoms with Crippen molar-refractivity contribution in [3.63, 3.8) is 0 Å². The van der Waals surface area contributed by atoms with Crippen LogP contribution in [0.1, 0.15) is 11.3 Å². The molecule has 4 heteroatoms. The number of aromatic nitrogens is 1. The molecule has 80 valence electrons.